The van der Waals surface area contributed by atoms with Gasteiger partial charge < -0.3 is 50.1 Å². The molecule has 15 aromatic rings. The van der Waals surface area contributed by atoms with Crippen molar-refractivity contribution in [3.8, 4) is 62.7 Å². The maximum absolute atomic E-state index is 12.9. The van der Waals surface area contributed by atoms with Crippen LogP contribution < -0.4 is 50.6 Å². The van der Waals surface area contributed by atoms with E-state index in [2.05, 4.69) is 116 Å². The zero-order valence-corrected chi connectivity index (χ0v) is 75.9. The number of carbonyl (C=O) groups is 3. The maximum atomic E-state index is 12.9. The molecule has 43 nitrogen and oxygen atoms in total. The van der Waals surface area contributed by atoms with Gasteiger partial charge in [0.05, 0.1) is 98.8 Å². The molecule has 0 fully saturated rings. The van der Waals surface area contributed by atoms with Gasteiger partial charge in [-0.1, -0.05) is 44.1 Å². The molecule has 0 bridgehead atoms. The van der Waals surface area contributed by atoms with Gasteiger partial charge in [0.1, 0.15) is 96.2 Å². The molecule has 45 heteroatoms. The number of amides is 3. The van der Waals surface area contributed by atoms with E-state index in [1.165, 1.54) is 23.7 Å². The average Bonchev–Trinajstić information content (AvgIpc) is 1.55. The third-order valence-corrected chi connectivity index (χ3v) is 18.2. The second-order valence-corrected chi connectivity index (χ2v) is 32.9. The molecule has 15 rings (SSSR count). The van der Waals surface area contributed by atoms with Gasteiger partial charge in [0, 0.05) is 95.2 Å². The molecule has 0 aliphatic carbocycles. The minimum Gasteiger partial charge on any atom is -0.480 e. The summed E-state index contributed by atoms with van der Waals surface area (Å²) in [5.74, 6) is 4.54. The largest absolute Gasteiger partial charge is 0.480 e. The normalized spacial score (nSPS) is 11.5. The Kier molecular flexibility index (Phi) is 28.5. The number of nitrogen functional groups attached to an aromatic ring is 1. The fourth-order valence-corrected chi connectivity index (χ4v) is 11.9. The van der Waals surface area contributed by atoms with Crippen molar-refractivity contribution in [1.29, 1.82) is 0 Å². The van der Waals surface area contributed by atoms with Gasteiger partial charge in [-0.15, -0.1) is 20.4 Å². The number of nitrogens with one attached hydrogen (secondary N) is 3. The lowest BCUT2D eigenvalue weighted by molar-refractivity contribution is 0.0577. The van der Waals surface area contributed by atoms with Crippen LogP contribution >= 0.6 is 23.2 Å². The molecular weight excluding hydrogens is 1660 g/mol. The number of hydrogen-bond acceptors (Lipinski definition) is 32. The number of carbonyl (C=O) groups excluding carboxylic acids is 3. The van der Waals surface area contributed by atoms with E-state index in [0.29, 0.717) is 114 Å². The highest BCUT2D eigenvalue weighted by Crippen LogP contribution is 2.36. The molecule has 0 aliphatic heterocycles. The minimum absolute atomic E-state index is 0.148. The Morgan fingerprint density at radius 3 is 1.01 bits per heavy atom. The third kappa shape index (κ3) is 22.1. The summed E-state index contributed by atoms with van der Waals surface area (Å²) in [5.41, 5.74) is 12.9. The Morgan fingerprint density at radius 1 is 0.421 bits per heavy atom. The summed E-state index contributed by atoms with van der Waals surface area (Å²) in [7, 11) is 11.3. The van der Waals surface area contributed by atoms with E-state index >= 15 is 0 Å². The lowest BCUT2D eigenvalue weighted by atomic mass is 10.2. The van der Waals surface area contributed by atoms with Gasteiger partial charge in [0.2, 0.25) is 17.6 Å². The van der Waals surface area contributed by atoms with Crippen LogP contribution in [0.1, 0.15) is 142 Å². The van der Waals surface area contributed by atoms with E-state index in [0.717, 1.165) is 22.8 Å². The van der Waals surface area contributed by atoms with Crippen molar-refractivity contribution in [2.24, 2.45) is 0 Å². The van der Waals surface area contributed by atoms with E-state index in [4.69, 9.17) is 67.3 Å². The number of nitrogens with two attached hydrogens (primary N) is 1. The highest BCUT2D eigenvalue weighted by Gasteiger charge is 2.30. The molecule has 5 N–H and O–H groups in total. The lowest BCUT2D eigenvalue weighted by Crippen LogP contribution is -2.35. The van der Waals surface area contributed by atoms with Crippen LogP contribution in [0.3, 0.4) is 0 Å². The first kappa shape index (κ1) is 92.2. The van der Waals surface area contributed by atoms with E-state index < -0.39 is 35.1 Å². The zero-order valence-electron chi connectivity index (χ0n) is 74.4. The number of fused-ring (bicyclic) bond motifs is 4. The quantitative estimate of drug-likeness (QED) is 0.0431. The fourth-order valence-electron chi connectivity index (χ4n) is 11.5. The molecule has 126 heavy (non-hydrogen) atoms. The first-order valence-corrected chi connectivity index (χ1v) is 40.3. The molecule has 15 aromatic heterocycles. The van der Waals surface area contributed by atoms with Crippen molar-refractivity contribution in [2.75, 3.05) is 85.9 Å². The van der Waals surface area contributed by atoms with E-state index in [-0.39, 0.29) is 34.5 Å². The van der Waals surface area contributed by atoms with E-state index in [9.17, 15) is 14.4 Å². The second kappa shape index (κ2) is 38.9. The van der Waals surface area contributed by atoms with E-state index in [1.807, 2.05) is 118 Å². The number of methoxy groups -OCH3 is 3. The summed E-state index contributed by atoms with van der Waals surface area (Å²) in [6, 6.07) is 18.2. The molecular formula is C81H102Cl2N34O9. The van der Waals surface area contributed by atoms with Crippen molar-refractivity contribution < 1.29 is 42.8 Å². The van der Waals surface area contributed by atoms with Crippen molar-refractivity contribution in [3.63, 3.8) is 0 Å². The summed E-state index contributed by atoms with van der Waals surface area (Å²) in [6.45, 7) is 32.4. The topological polar surface area (TPSA) is 461 Å². The van der Waals surface area contributed by atoms with Gasteiger partial charge in [-0.05, 0) is 154 Å². The summed E-state index contributed by atoms with van der Waals surface area (Å²) in [4.78, 5) is 72.3. The van der Waals surface area contributed by atoms with Crippen LogP contribution in [0.2, 0.25) is 10.3 Å². The molecule has 3 amide bonds. The van der Waals surface area contributed by atoms with Gasteiger partial charge in [-0.3, -0.25) is 14.7 Å². The molecule has 0 saturated carbocycles. The molecule has 0 saturated heterocycles. The highest BCUT2D eigenvalue weighted by atomic mass is 35.5. The SMILES string of the molecule is CC(C)n1cc(-c2cnn3c(N(C)C(=O)OC(C)(C)C)cc(Cl)nc23)nn1.CC(C)n1cc(-c2cnn3c(N(C)C(=O)OC(C)(C)C)cc(Cl)nc23)nn1.CNc1cc(Nc2cccnc2OC)nc2c(-c3cn(C(C)C)nn3)cnn12.COc1ncccc1N.COc1ncccc1Nc1cc(N(C)C(=O)OC(C)(C)C)n2ncc(-c3cn(C(C)C)nn3)c2n1. The van der Waals surface area contributed by atoms with E-state index in [1.54, 1.807) is 192 Å². The Labute approximate surface area is 734 Å². The lowest BCUT2D eigenvalue weighted by Gasteiger charge is -2.25. The van der Waals surface area contributed by atoms with Gasteiger partial charge in [0.25, 0.3) is 0 Å². The first-order chi connectivity index (χ1) is 59.6. The summed E-state index contributed by atoms with van der Waals surface area (Å²) < 4.78 is 45.3. The minimum atomic E-state index is -0.660. The van der Waals surface area contributed by atoms with Crippen LogP contribution in [0.25, 0.3) is 67.6 Å². The predicted molar refractivity (Wildman–Crippen MR) is 476 cm³/mol. The standard InChI is InChI=1S/C23H29N9O3.C18H21N9O.2C17H22ClN7O2.C6H8N2O/c1-14(2)31-13-17(28-29-31)15-12-25-32-19(30(6)22(33)35-23(3,4)5)11-18(27-20(15)32)26-16-9-8-10-24-21(16)34-7;1-11(2)26-10-14(24-25-26)12-9-21-27-16(19-3)8-15(23-17(12)27)22-13-6-5-7-20-18(13)28-4;2*1-10(2)24-9-12(21-22-24)11-8-19-25-14(7-13(18)20-15(11)25)23(6)16(26)27-17(3,4)5;1-9-6-5(7)3-2-4-8-6/h8-14H,1-7H3,(H,26,27);5-11,19H,1-4H3,(H,22,23);2*7-10H,1-6H3;2-4H,7H2,1H3. The molecule has 0 aromatic carbocycles. The van der Waals surface area contributed by atoms with Crippen LogP contribution in [0.4, 0.5) is 66.4 Å². The summed E-state index contributed by atoms with van der Waals surface area (Å²) >= 11 is 12.4. The summed E-state index contributed by atoms with van der Waals surface area (Å²) in [5, 5.41) is 61.3. The molecule has 0 radical (unpaired) electrons. The van der Waals surface area contributed by atoms with Crippen molar-refractivity contribution >= 4 is 116 Å². The van der Waals surface area contributed by atoms with Crippen molar-refractivity contribution in [2.45, 2.75) is 159 Å². The number of halogens is 2. The molecule has 0 unspecified atom stereocenters. The Morgan fingerprint density at radius 2 is 0.714 bits per heavy atom. The molecule has 0 atom stereocenters. The number of nitrogens with zero attached hydrogens (tertiary/aromatic N) is 30. The predicted octanol–water partition coefficient (Wildman–Crippen LogP) is 14.7. The highest BCUT2D eigenvalue weighted by molar-refractivity contribution is 6.30. The maximum Gasteiger partial charge on any atom is 0.415 e. The number of pyridine rings is 3. The first-order valence-electron chi connectivity index (χ1n) is 39.5. The average molecular weight is 1770 g/mol. The molecule has 15 heterocycles. The van der Waals surface area contributed by atoms with Crippen molar-refractivity contribution in [1.82, 2.24) is 133 Å². The number of ether oxygens (including phenoxy) is 6. The number of hydrogen-bond donors (Lipinski definition) is 4. The smallest absolute Gasteiger partial charge is 0.415 e. The number of rotatable bonds is 19. The fraction of sp³-hybridized carbons (Fsp3) is 0.383. The van der Waals surface area contributed by atoms with Gasteiger partial charge in [-0.2, -0.15) is 38.5 Å². The Hall–Kier alpha value is -14.5. The Balaban J connectivity index is 0.000000158. The molecule has 0 spiro atoms. The van der Waals surface area contributed by atoms with Crippen molar-refractivity contribution in [3.05, 3.63) is 139 Å². The van der Waals surface area contributed by atoms with Crippen LogP contribution in [0.5, 0.6) is 17.6 Å². The number of anilines is 9. The van der Waals surface area contributed by atoms with Gasteiger partial charge >= 0.3 is 18.3 Å². The van der Waals surface area contributed by atoms with Crippen LogP contribution in [0, 0.1) is 0 Å². The molecule has 664 valence electrons. The van der Waals surface area contributed by atoms with Crippen LogP contribution in [0.15, 0.2) is 129 Å². The monoisotopic (exact) mass is 1760 g/mol. The van der Waals surface area contributed by atoms with Crippen LogP contribution in [-0.2, 0) is 14.2 Å². The summed E-state index contributed by atoms with van der Waals surface area (Å²) in [6.07, 6.45) is 17.4. The van der Waals surface area contributed by atoms with Gasteiger partial charge in [0.15, 0.2) is 22.6 Å². The second-order valence-electron chi connectivity index (χ2n) is 32.1. The van der Waals surface area contributed by atoms with Gasteiger partial charge in [-0.25, -0.2) is 68.0 Å². The van der Waals surface area contributed by atoms with Crippen LogP contribution in [-0.4, -0.2) is 218 Å². The third-order valence-electron chi connectivity index (χ3n) is 17.8. The number of aromatic nitrogens is 27. The Bertz CT molecular complexity index is 6140. The molecule has 0 aliphatic rings. The zero-order chi connectivity index (χ0) is 91.6.